The molecule has 0 rings (SSSR count). The SMILES string of the molecule is CC[C@@H](N)[C@H](C)F. The average molecular weight is 105 g/mol. The zero-order valence-corrected chi connectivity index (χ0v) is 4.82. The van der Waals surface area contributed by atoms with Crippen molar-refractivity contribution in [2.75, 3.05) is 0 Å². The minimum absolute atomic E-state index is 0.264. The van der Waals surface area contributed by atoms with Crippen LogP contribution in [0.2, 0.25) is 0 Å². The van der Waals surface area contributed by atoms with Crippen molar-refractivity contribution in [3.63, 3.8) is 0 Å². The zero-order valence-electron chi connectivity index (χ0n) is 4.82. The second-order valence-electron chi connectivity index (χ2n) is 1.75. The Morgan fingerprint density at radius 3 is 2.14 bits per heavy atom. The Labute approximate surface area is 43.7 Å². The molecule has 0 radical (unpaired) electrons. The molecule has 0 aliphatic rings. The van der Waals surface area contributed by atoms with Crippen LogP contribution in [0.4, 0.5) is 4.39 Å². The lowest BCUT2D eigenvalue weighted by Crippen LogP contribution is -2.28. The molecule has 0 heterocycles. The van der Waals surface area contributed by atoms with E-state index < -0.39 is 6.17 Å². The van der Waals surface area contributed by atoms with Crippen LogP contribution in [0.1, 0.15) is 20.3 Å². The van der Waals surface area contributed by atoms with Gasteiger partial charge in [-0.3, -0.25) is 0 Å². The highest BCUT2D eigenvalue weighted by Gasteiger charge is 2.05. The Morgan fingerprint density at radius 1 is 1.71 bits per heavy atom. The average Bonchev–Trinajstić information content (AvgIpc) is 1.65. The third-order valence-corrected chi connectivity index (χ3v) is 1.06. The van der Waals surface area contributed by atoms with Crippen molar-refractivity contribution in [1.82, 2.24) is 0 Å². The molecule has 0 saturated heterocycles. The van der Waals surface area contributed by atoms with Crippen LogP contribution in [-0.4, -0.2) is 12.2 Å². The molecule has 2 atom stereocenters. The Balaban J connectivity index is 3.14. The van der Waals surface area contributed by atoms with Gasteiger partial charge >= 0.3 is 0 Å². The van der Waals surface area contributed by atoms with E-state index in [2.05, 4.69) is 0 Å². The Bertz CT molecular complexity index is 45.3. The maximum absolute atomic E-state index is 12.0. The second-order valence-corrected chi connectivity index (χ2v) is 1.75. The first kappa shape index (κ1) is 6.89. The van der Waals surface area contributed by atoms with Gasteiger partial charge in [0.2, 0.25) is 0 Å². The lowest BCUT2D eigenvalue weighted by Gasteiger charge is -2.07. The summed E-state index contributed by atoms with van der Waals surface area (Å²) in [6.07, 6.45) is -0.137. The fraction of sp³-hybridized carbons (Fsp3) is 1.00. The van der Waals surface area contributed by atoms with Gasteiger partial charge in [-0.15, -0.1) is 0 Å². The van der Waals surface area contributed by atoms with Crippen molar-refractivity contribution in [2.45, 2.75) is 32.5 Å². The molecule has 0 aromatic carbocycles. The van der Waals surface area contributed by atoms with Gasteiger partial charge in [-0.05, 0) is 13.3 Å². The maximum Gasteiger partial charge on any atom is 0.112 e. The summed E-state index contributed by atoms with van der Waals surface area (Å²) in [5.41, 5.74) is 5.24. The van der Waals surface area contributed by atoms with Gasteiger partial charge in [-0.25, -0.2) is 4.39 Å². The number of alkyl halides is 1. The number of rotatable bonds is 2. The Kier molecular flexibility index (Phi) is 2.92. The van der Waals surface area contributed by atoms with Crippen LogP contribution in [-0.2, 0) is 0 Å². The van der Waals surface area contributed by atoms with Crippen LogP contribution in [0.25, 0.3) is 0 Å². The van der Waals surface area contributed by atoms with Crippen LogP contribution in [0.3, 0.4) is 0 Å². The number of halogens is 1. The molecule has 0 aliphatic heterocycles. The molecule has 2 N–H and O–H groups in total. The molecule has 0 bridgehead atoms. The van der Waals surface area contributed by atoms with E-state index in [1.165, 1.54) is 6.92 Å². The molecule has 0 saturated carbocycles. The molecule has 0 aromatic rings. The summed E-state index contributed by atoms with van der Waals surface area (Å²) in [5.74, 6) is 0. The summed E-state index contributed by atoms with van der Waals surface area (Å²) in [6.45, 7) is 3.36. The minimum atomic E-state index is -0.856. The van der Waals surface area contributed by atoms with E-state index in [4.69, 9.17) is 5.73 Å². The standard InChI is InChI=1S/C5H12FN/c1-3-5(7)4(2)6/h4-5H,3,7H2,1-2H3/t4-,5+/m0/s1. The van der Waals surface area contributed by atoms with E-state index in [0.717, 1.165) is 6.42 Å². The van der Waals surface area contributed by atoms with E-state index in [9.17, 15) is 4.39 Å². The number of nitrogens with two attached hydrogens (primary N) is 1. The van der Waals surface area contributed by atoms with E-state index in [0.29, 0.717) is 0 Å². The van der Waals surface area contributed by atoms with Crippen LogP contribution in [0, 0.1) is 0 Å². The molecular weight excluding hydrogens is 93.1 g/mol. The molecule has 7 heavy (non-hydrogen) atoms. The van der Waals surface area contributed by atoms with Gasteiger partial charge in [0.05, 0.1) is 0 Å². The highest BCUT2D eigenvalue weighted by atomic mass is 19.1. The highest BCUT2D eigenvalue weighted by molar-refractivity contribution is 4.63. The molecule has 1 nitrogen and oxygen atoms in total. The first-order valence-corrected chi connectivity index (χ1v) is 2.58. The van der Waals surface area contributed by atoms with E-state index in [1.807, 2.05) is 6.92 Å². The quantitative estimate of drug-likeness (QED) is 0.558. The van der Waals surface area contributed by atoms with Gasteiger partial charge in [0, 0.05) is 6.04 Å². The van der Waals surface area contributed by atoms with Crippen molar-refractivity contribution in [3.05, 3.63) is 0 Å². The van der Waals surface area contributed by atoms with Crippen molar-refractivity contribution < 1.29 is 4.39 Å². The smallest absolute Gasteiger partial charge is 0.112 e. The topological polar surface area (TPSA) is 26.0 Å². The van der Waals surface area contributed by atoms with Gasteiger partial charge in [0.1, 0.15) is 6.17 Å². The summed E-state index contributed by atoms with van der Waals surface area (Å²) < 4.78 is 12.0. The first-order chi connectivity index (χ1) is 3.18. The lowest BCUT2D eigenvalue weighted by atomic mass is 10.2. The van der Waals surface area contributed by atoms with Crippen LogP contribution in [0.15, 0.2) is 0 Å². The van der Waals surface area contributed by atoms with Crippen LogP contribution >= 0.6 is 0 Å². The molecule has 0 aliphatic carbocycles. The van der Waals surface area contributed by atoms with E-state index in [-0.39, 0.29) is 6.04 Å². The lowest BCUT2D eigenvalue weighted by molar-refractivity contribution is 0.300. The van der Waals surface area contributed by atoms with Gasteiger partial charge in [0.15, 0.2) is 0 Å². The normalized spacial score (nSPS) is 18.9. The summed E-state index contributed by atoms with van der Waals surface area (Å²) >= 11 is 0. The van der Waals surface area contributed by atoms with Crippen molar-refractivity contribution in [2.24, 2.45) is 5.73 Å². The zero-order chi connectivity index (χ0) is 5.86. The third kappa shape index (κ3) is 2.57. The Morgan fingerprint density at radius 2 is 2.14 bits per heavy atom. The third-order valence-electron chi connectivity index (χ3n) is 1.06. The van der Waals surface area contributed by atoms with Gasteiger partial charge in [-0.2, -0.15) is 0 Å². The summed E-state index contributed by atoms with van der Waals surface area (Å²) in [4.78, 5) is 0. The summed E-state index contributed by atoms with van der Waals surface area (Å²) in [7, 11) is 0. The Hall–Kier alpha value is -0.110. The van der Waals surface area contributed by atoms with Gasteiger partial charge < -0.3 is 5.73 Å². The minimum Gasteiger partial charge on any atom is -0.325 e. The predicted octanol–water partition coefficient (Wildman–Crippen LogP) is 1.08. The van der Waals surface area contributed by atoms with Gasteiger partial charge in [0.25, 0.3) is 0 Å². The second kappa shape index (κ2) is 2.97. The van der Waals surface area contributed by atoms with Gasteiger partial charge in [-0.1, -0.05) is 6.92 Å². The predicted molar refractivity (Wildman–Crippen MR) is 28.8 cm³/mol. The molecule has 0 fully saturated rings. The van der Waals surface area contributed by atoms with Crippen LogP contribution < -0.4 is 5.73 Å². The first-order valence-electron chi connectivity index (χ1n) is 2.58. The molecule has 0 unspecified atom stereocenters. The molecule has 0 spiro atoms. The molecule has 44 valence electrons. The fourth-order valence-corrected chi connectivity index (χ4v) is 0.325. The molecule has 0 aromatic heterocycles. The van der Waals surface area contributed by atoms with Crippen molar-refractivity contribution in [3.8, 4) is 0 Å². The number of hydrogen-bond donors (Lipinski definition) is 1. The molecular formula is C5H12FN. The maximum atomic E-state index is 12.0. The molecule has 0 amide bonds. The highest BCUT2D eigenvalue weighted by Crippen LogP contribution is 1.96. The van der Waals surface area contributed by atoms with E-state index in [1.54, 1.807) is 0 Å². The van der Waals surface area contributed by atoms with E-state index >= 15 is 0 Å². The fourth-order valence-electron chi connectivity index (χ4n) is 0.325. The van der Waals surface area contributed by atoms with Crippen LogP contribution in [0.5, 0.6) is 0 Å². The monoisotopic (exact) mass is 105 g/mol. The molecule has 2 heteroatoms. The van der Waals surface area contributed by atoms with Crippen molar-refractivity contribution >= 4 is 0 Å². The summed E-state index contributed by atoms with van der Waals surface area (Å²) in [5, 5.41) is 0. The van der Waals surface area contributed by atoms with Crippen molar-refractivity contribution in [1.29, 1.82) is 0 Å². The number of hydrogen-bond acceptors (Lipinski definition) is 1. The summed E-state index contributed by atoms with van der Waals surface area (Å²) in [6, 6.07) is -0.264. The largest absolute Gasteiger partial charge is 0.325 e.